The van der Waals surface area contributed by atoms with Crippen LogP contribution in [-0.2, 0) is 33.7 Å². The topological polar surface area (TPSA) is 138 Å². The van der Waals surface area contributed by atoms with Crippen LogP contribution in [0.2, 0.25) is 0 Å². The highest BCUT2D eigenvalue weighted by atomic mass is 16.5. The lowest BCUT2D eigenvalue weighted by Gasteiger charge is -2.31. The second kappa shape index (κ2) is 12.6. The number of aldehydes is 1. The minimum absolute atomic E-state index is 0.0374. The second-order valence-corrected chi connectivity index (χ2v) is 9.42. The van der Waals surface area contributed by atoms with Gasteiger partial charge in [-0.1, -0.05) is 0 Å². The van der Waals surface area contributed by atoms with E-state index in [1.807, 2.05) is 6.07 Å². The Kier molecular flexibility index (Phi) is 8.99. The number of anilines is 2. The van der Waals surface area contributed by atoms with Gasteiger partial charge in [0.2, 0.25) is 5.91 Å². The highest BCUT2D eigenvalue weighted by Gasteiger charge is 2.29. The van der Waals surface area contributed by atoms with E-state index in [1.54, 1.807) is 18.1 Å². The number of methoxy groups -OCH3 is 1. The zero-order valence-corrected chi connectivity index (χ0v) is 21.7. The van der Waals surface area contributed by atoms with Crippen LogP contribution < -0.4 is 10.2 Å². The number of fused-ring (bicyclic) bond motifs is 1. The molecule has 3 amide bonds. The van der Waals surface area contributed by atoms with Crippen LogP contribution in [0.3, 0.4) is 0 Å². The Hall–Kier alpha value is -3.88. The number of carbonyl (C=O) groups excluding carboxylic acids is 3. The maximum absolute atomic E-state index is 13.3. The van der Waals surface area contributed by atoms with E-state index in [0.29, 0.717) is 68.3 Å². The minimum Gasteiger partial charge on any atom is -0.385 e. The molecule has 2 aromatic heterocycles. The third kappa shape index (κ3) is 6.15. The SMILES string of the molecule is COCCCc1cc(NC(=O)N2CCCc3cc(CN(C(C)=O)C4CCOC4)c(C=O)nc32)ncc1C#N. The number of nitrogens with one attached hydrogen (secondary N) is 1. The van der Waals surface area contributed by atoms with Crippen molar-refractivity contribution >= 4 is 29.9 Å². The molecule has 2 aliphatic rings. The average Bonchev–Trinajstić information content (AvgIpc) is 3.45. The fourth-order valence-electron chi connectivity index (χ4n) is 4.89. The summed E-state index contributed by atoms with van der Waals surface area (Å²) < 4.78 is 10.5. The van der Waals surface area contributed by atoms with Crippen molar-refractivity contribution in [3.8, 4) is 6.07 Å². The molecule has 200 valence electrons. The van der Waals surface area contributed by atoms with Crippen molar-refractivity contribution in [3.05, 3.63) is 46.3 Å². The number of aryl methyl sites for hydroxylation is 2. The zero-order valence-electron chi connectivity index (χ0n) is 21.7. The van der Waals surface area contributed by atoms with E-state index in [0.717, 1.165) is 30.4 Å². The van der Waals surface area contributed by atoms with E-state index in [1.165, 1.54) is 18.0 Å². The number of pyridine rings is 2. The summed E-state index contributed by atoms with van der Waals surface area (Å²) in [7, 11) is 1.62. The molecule has 11 nitrogen and oxygen atoms in total. The first-order chi connectivity index (χ1) is 18.4. The van der Waals surface area contributed by atoms with E-state index < -0.39 is 6.03 Å². The minimum atomic E-state index is -0.420. The lowest BCUT2D eigenvalue weighted by molar-refractivity contribution is -0.131. The Morgan fingerprint density at radius 3 is 2.89 bits per heavy atom. The van der Waals surface area contributed by atoms with E-state index in [2.05, 4.69) is 21.4 Å². The molecule has 1 fully saturated rings. The maximum atomic E-state index is 13.3. The second-order valence-electron chi connectivity index (χ2n) is 9.42. The number of urea groups is 1. The first kappa shape index (κ1) is 27.2. The molecule has 11 heteroatoms. The molecule has 2 aromatic rings. The van der Waals surface area contributed by atoms with Gasteiger partial charge in [-0.25, -0.2) is 14.8 Å². The molecular weight excluding hydrogens is 488 g/mol. The zero-order chi connectivity index (χ0) is 27.1. The van der Waals surface area contributed by atoms with Crippen LogP contribution in [0.25, 0.3) is 0 Å². The van der Waals surface area contributed by atoms with Crippen molar-refractivity contribution in [2.45, 2.75) is 51.6 Å². The number of aromatic nitrogens is 2. The normalized spacial score (nSPS) is 16.4. The third-order valence-corrected chi connectivity index (χ3v) is 6.86. The molecule has 4 rings (SSSR count). The van der Waals surface area contributed by atoms with Gasteiger partial charge in [0.15, 0.2) is 6.29 Å². The molecule has 0 saturated carbocycles. The van der Waals surface area contributed by atoms with Crippen LogP contribution in [0.1, 0.15) is 58.9 Å². The summed E-state index contributed by atoms with van der Waals surface area (Å²) in [5.41, 5.74) is 2.92. The Morgan fingerprint density at radius 1 is 1.37 bits per heavy atom. The fraction of sp³-hybridized carbons (Fsp3) is 0.481. The van der Waals surface area contributed by atoms with Gasteiger partial charge in [-0.2, -0.15) is 5.26 Å². The summed E-state index contributed by atoms with van der Waals surface area (Å²) in [6.07, 6.45) is 5.64. The quantitative estimate of drug-likeness (QED) is 0.394. The van der Waals surface area contributed by atoms with Crippen LogP contribution in [0.4, 0.5) is 16.4 Å². The molecule has 2 aliphatic heterocycles. The summed E-state index contributed by atoms with van der Waals surface area (Å²) in [6, 6.07) is 5.26. The largest absolute Gasteiger partial charge is 0.385 e. The molecule has 38 heavy (non-hydrogen) atoms. The van der Waals surface area contributed by atoms with E-state index in [-0.39, 0.29) is 24.2 Å². The van der Waals surface area contributed by atoms with Gasteiger partial charge in [0.25, 0.3) is 0 Å². The van der Waals surface area contributed by atoms with E-state index >= 15 is 0 Å². The van der Waals surface area contributed by atoms with E-state index in [9.17, 15) is 19.6 Å². The smallest absolute Gasteiger partial charge is 0.328 e. The molecule has 0 spiro atoms. The Labute approximate surface area is 221 Å². The van der Waals surface area contributed by atoms with Crippen LogP contribution in [-0.4, -0.2) is 72.6 Å². The average molecular weight is 521 g/mol. The monoisotopic (exact) mass is 520 g/mol. The number of carbonyl (C=O) groups is 3. The Morgan fingerprint density at radius 2 is 2.21 bits per heavy atom. The summed E-state index contributed by atoms with van der Waals surface area (Å²) >= 11 is 0. The molecule has 1 saturated heterocycles. The van der Waals surface area contributed by atoms with Gasteiger partial charge in [0.1, 0.15) is 23.4 Å². The van der Waals surface area contributed by atoms with Gasteiger partial charge in [-0.3, -0.25) is 19.8 Å². The first-order valence-corrected chi connectivity index (χ1v) is 12.7. The number of rotatable bonds is 9. The Balaban J connectivity index is 1.55. The number of nitrogens with zero attached hydrogens (tertiary/aromatic N) is 5. The number of nitriles is 1. The standard InChI is InChI=1S/C27H32N6O5/c1-18(35)33(23-7-10-38-17-23)15-21-11-20-5-3-8-32(26(20)30-24(21)16-34)27(36)31-25-12-19(6-4-9-37-2)22(13-28)14-29-25/h11-12,14,16,23H,3-10,15,17H2,1-2H3,(H,29,31,36). The van der Waals surface area contributed by atoms with Gasteiger partial charge in [0, 0.05) is 52.1 Å². The van der Waals surface area contributed by atoms with Crippen LogP contribution in [0.15, 0.2) is 18.3 Å². The van der Waals surface area contributed by atoms with Crippen molar-refractivity contribution in [2.75, 3.05) is 43.7 Å². The third-order valence-electron chi connectivity index (χ3n) is 6.86. The van der Waals surface area contributed by atoms with Crippen molar-refractivity contribution in [1.29, 1.82) is 5.26 Å². The van der Waals surface area contributed by atoms with Gasteiger partial charge >= 0.3 is 6.03 Å². The molecule has 0 aliphatic carbocycles. The first-order valence-electron chi connectivity index (χ1n) is 12.7. The highest BCUT2D eigenvalue weighted by molar-refractivity contribution is 6.01. The summed E-state index contributed by atoms with van der Waals surface area (Å²) in [5.74, 6) is 0.663. The number of amides is 3. The predicted octanol–water partition coefficient (Wildman–Crippen LogP) is 2.86. The number of ether oxygens (including phenoxy) is 2. The van der Waals surface area contributed by atoms with Crippen LogP contribution in [0.5, 0.6) is 0 Å². The summed E-state index contributed by atoms with van der Waals surface area (Å²) in [5, 5.41) is 12.2. The lowest BCUT2D eigenvalue weighted by atomic mass is 10.0. The molecule has 1 unspecified atom stereocenters. The maximum Gasteiger partial charge on any atom is 0.328 e. The van der Waals surface area contributed by atoms with Crippen molar-refractivity contribution in [3.63, 3.8) is 0 Å². The molecule has 0 radical (unpaired) electrons. The predicted molar refractivity (Wildman–Crippen MR) is 139 cm³/mol. The van der Waals surface area contributed by atoms with Crippen LogP contribution in [0, 0.1) is 11.3 Å². The van der Waals surface area contributed by atoms with Gasteiger partial charge in [0.05, 0.1) is 18.2 Å². The van der Waals surface area contributed by atoms with Gasteiger partial charge in [-0.15, -0.1) is 0 Å². The fourth-order valence-corrected chi connectivity index (χ4v) is 4.89. The summed E-state index contributed by atoms with van der Waals surface area (Å²) in [6.45, 7) is 3.83. The molecule has 0 bridgehead atoms. The molecule has 4 heterocycles. The van der Waals surface area contributed by atoms with Crippen molar-refractivity contribution in [1.82, 2.24) is 14.9 Å². The van der Waals surface area contributed by atoms with E-state index in [4.69, 9.17) is 9.47 Å². The van der Waals surface area contributed by atoms with Gasteiger partial charge in [-0.05, 0) is 55.4 Å². The van der Waals surface area contributed by atoms with Crippen molar-refractivity contribution in [2.24, 2.45) is 0 Å². The highest BCUT2D eigenvalue weighted by Crippen LogP contribution is 2.29. The Bertz CT molecular complexity index is 1240. The molecule has 1 atom stereocenters. The number of hydrogen-bond donors (Lipinski definition) is 1. The molecule has 0 aromatic carbocycles. The number of hydrogen-bond acceptors (Lipinski definition) is 8. The summed E-state index contributed by atoms with van der Waals surface area (Å²) in [4.78, 5) is 49.6. The molecule has 1 N–H and O–H groups in total. The van der Waals surface area contributed by atoms with Crippen LogP contribution >= 0.6 is 0 Å². The van der Waals surface area contributed by atoms with Crippen molar-refractivity contribution < 1.29 is 23.9 Å². The lowest BCUT2D eigenvalue weighted by Crippen LogP contribution is -2.41. The molecular formula is C27H32N6O5. The van der Waals surface area contributed by atoms with Gasteiger partial charge < -0.3 is 14.4 Å².